The zero-order valence-corrected chi connectivity index (χ0v) is 13.1. The molecular formula is C14H20N4O2S. The van der Waals surface area contributed by atoms with Crippen LogP contribution in [-0.4, -0.2) is 56.2 Å². The average Bonchev–Trinajstić information content (AvgIpc) is 2.83. The number of nitrogen functional groups attached to an aromatic ring is 1. The van der Waals surface area contributed by atoms with Crippen LogP contribution >= 0.6 is 11.3 Å². The number of aromatic nitrogens is 1. The van der Waals surface area contributed by atoms with Gasteiger partial charge < -0.3 is 20.7 Å². The maximum atomic E-state index is 12.2. The molecule has 3 N–H and O–H groups in total. The Morgan fingerprint density at radius 1 is 1.52 bits per heavy atom. The van der Waals surface area contributed by atoms with Crippen LogP contribution in [0.4, 0.5) is 5.69 Å². The van der Waals surface area contributed by atoms with Crippen molar-refractivity contribution in [1.82, 2.24) is 15.2 Å². The lowest BCUT2D eigenvalue weighted by Gasteiger charge is -2.15. The van der Waals surface area contributed by atoms with Crippen molar-refractivity contribution in [2.24, 2.45) is 0 Å². The second kappa shape index (κ2) is 7.35. The number of hydrogen-bond acceptors (Lipinski definition) is 6. The van der Waals surface area contributed by atoms with Crippen LogP contribution in [0.5, 0.6) is 0 Å². The zero-order valence-electron chi connectivity index (χ0n) is 12.3. The van der Waals surface area contributed by atoms with Gasteiger partial charge in [-0.2, -0.15) is 0 Å². The van der Waals surface area contributed by atoms with Crippen LogP contribution in [0, 0.1) is 0 Å². The minimum absolute atomic E-state index is 0.143. The standard InChI is InChI=1S/C14H20N4O2S/c1-18(8-9-20-2)7-6-17-14(19)13-11(15)12-10(21-13)4-3-5-16-12/h3-5H,6-9,15H2,1-2H3,(H,17,19). The second-order valence-electron chi connectivity index (χ2n) is 4.75. The van der Waals surface area contributed by atoms with Crippen LogP contribution in [-0.2, 0) is 4.74 Å². The molecule has 0 aliphatic heterocycles. The van der Waals surface area contributed by atoms with Crippen molar-refractivity contribution < 1.29 is 9.53 Å². The Morgan fingerprint density at radius 3 is 3.05 bits per heavy atom. The van der Waals surface area contributed by atoms with Gasteiger partial charge in [0.05, 0.1) is 17.0 Å². The summed E-state index contributed by atoms with van der Waals surface area (Å²) in [5.74, 6) is -0.143. The number of methoxy groups -OCH3 is 1. The summed E-state index contributed by atoms with van der Waals surface area (Å²) in [6.07, 6.45) is 1.68. The molecule has 0 aliphatic carbocycles. The Kier molecular flexibility index (Phi) is 5.49. The van der Waals surface area contributed by atoms with Crippen LogP contribution in [0.25, 0.3) is 10.2 Å². The van der Waals surface area contributed by atoms with Crippen molar-refractivity contribution in [1.29, 1.82) is 0 Å². The Balaban J connectivity index is 1.92. The van der Waals surface area contributed by atoms with Gasteiger partial charge in [0, 0.05) is 32.9 Å². The Labute approximate surface area is 127 Å². The quantitative estimate of drug-likeness (QED) is 0.803. The largest absolute Gasteiger partial charge is 0.396 e. The molecule has 2 heterocycles. The van der Waals surface area contributed by atoms with Crippen LogP contribution in [0.15, 0.2) is 18.3 Å². The van der Waals surface area contributed by atoms with E-state index in [-0.39, 0.29) is 5.91 Å². The molecule has 6 nitrogen and oxygen atoms in total. The number of rotatable bonds is 7. The monoisotopic (exact) mass is 308 g/mol. The lowest BCUT2D eigenvalue weighted by atomic mass is 10.3. The predicted molar refractivity (Wildman–Crippen MR) is 85.7 cm³/mol. The summed E-state index contributed by atoms with van der Waals surface area (Å²) in [5.41, 5.74) is 7.16. The van der Waals surface area contributed by atoms with E-state index in [1.165, 1.54) is 11.3 Å². The average molecular weight is 308 g/mol. The third-order valence-corrected chi connectivity index (χ3v) is 4.30. The van der Waals surface area contributed by atoms with Gasteiger partial charge in [0.15, 0.2) is 0 Å². The topological polar surface area (TPSA) is 80.5 Å². The van der Waals surface area contributed by atoms with Crippen molar-refractivity contribution >= 4 is 33.1 Å². The number of carbonyl (C=O) groups is 1. The molecule has 0 fully saturated rings. The fourth-order valence-corrected chi connectivity index (χ4v) is 2.91. The van der Waals surface area contributed by atoms with Crippen molar-refractivity contribution in [2.75, 3.05) is 46.1 Å². The van der Waals surface area contributed by atoms with Crippen molar-refractivity contribution in [3.63, 3.8) is 0 Å². The molecule has 114 valence electrons. The van der Waals surface area contributed by atoms with Crippen LogP contribution < -0.4 is 11.1 Å². The SMILES string of the molecule is COCCN(C)CCNC(=O)c1sc2cccnc2c1N. The van der Waals surface area contributed by atoms with Gasteiger partial charge in [-0.15, -0.1) is 11.3 Å². The molecule has 0 aliphatic rings. The van der Waals surface area contributed by atoms with Gasteiger partial charge >= 0.3 is 0 Å². The van der Waals surface area contributed by atoms with Gasteiger partial charge in [-0.05, 0) is 19.2 Å². The lowest BCUT2D eigenvalue weighted by Crippen LogP contribution is -2.34. The van der Waals surface area contributed by atoms with E-state index in [4.69, 9.17) is 10.5 Å². The molecule has 1 amide bonds. The van der Waals surface area contributed by atoms with E-state index in [9.17, 15) is 4.79 Å². The Hall–Kier alpha value is -1.70. The van der Waals surface area contributed by atoms with Crippen molar-refractivity contribution in [3.8, 4) is 0 Å². The highest BCUT2D eigenvalue weighted by Crippen LogP contribution is 2.31. The second-order valence-corrected chi connectivity index (χ2v) is 5.80. The third-order valence-electron chi connectivity index (χ3n) is 3.14. The van der Waals surface area contributed by atoms with E-state index in [1.54, 1.807) is 13.3 Å². The maximum absolute atomic E-state index is 12.2. The minimum atomic E-state index is -0.143. The Bertz CT molecular complexity index is 614. The zero-order chi connectivity index (χ0) is 15.2. The van der Waals surface area contributed by atoms with Gasteiger partial charge in [-0.3, -0.25) is 9.78 Å². The van der Waals surface area contributed by atoms with E-state index in [1.807, 2.05) is 19.2 Å². The van der Waals surface area contributed by atoms with Gasteiger partial charge in [-0.25, -0.2) is 0 Å². The molecule has 0 bridgehead atoms. The lowest BCUT2D eigenvalue weighted by molar-refractivity contribution is 0.0952. The first-order valence-electron chi connectivity index (χ1n) is 6.72. The summed E-state index contributed by atoms with van der Waals surface area (Å²) in [7, 11) is 3.66. The predicted octanol–water partition coefficient (Wildman–Crippen LogP) is 1.19. The number of nitrogens with one attached hydrogen (secondary N) is 1. The summed E-state index contributed by atoms with van der Waals surface area (Å²) < 4.78 is 5.94. The van der Waals surface area contributed by atoms with Gasteiger partial charge in [0.1, 0.15) is 10.4 Å². The number of nitrogens with zero attached hydrogens (tertiary/aromatic N) is 2. The number of fused-ring (bicyclic) bond motifs is 1. The summed E-state index contributed by atoms with van der Waals surface area (Å²) in [5, 5.41) is 2.89. The van der Waals surface area contributed by atoms with Gasteiger partial charge in [-0.1, -0.05) is 0 Å². The molecule has 2 aromatic heterocycles. The van der Waals surface area contributed by atoms with E-state index in [0.717, 1.165) is 17.8 Å². The van der Waals surface area contributed by atoms with E-state index in [2.05, 4.69) is 15.2 Å². The normalized spacial score (nSPS) is 11.2. The molecule has 0 unspecified atom stereocenters. The van der Waals surface area contributed by atoms with Crippen LogP contribution in [0.3, 0.4) is 0 Å². The number of hydrogen-bond donors (Lipinski definition) is 2. The molecule has 2 aromatic rings. The molecule has 0 aromatic carbocycles. The van der Waals surface area contributed by atoms with Gasteiger partial charge in [0.25, 0.3) is 5.91 Å². The number of pyridine rings is 1. The number of likely N-dealkylation sites (N-methyl/N-ethyl adjacent to an activating group) is 1. The smallest absolute Gasteiger partial charge is 0.263 e. The molecule has 2 rings (SSSR count). The summed E-state index contributed by atoms with van der Waals surface area (Å²) in [4.78, 5) is 19.0. The fourth-order valence-electron chi connectivity index (χ4n) is 1.92. The first-order chi connectivity index (χ1) is 10.1. The molecule has 0 saturated heterocycles. The first-order valence-corrected chi connectivity index (χ1v) is 7.53. The number of nitrogens with two attached hydrogens (primary N) is 1. The molecule has 0 spiro atoms. The Morgan fingerprint density at radius 2 is 2.33 bits per heavy atom. The summed E-state index contributed by atoms with van der Waals surface area (Å²) >= 11 is 1.37. The summed E-state index contributed by atoms with van der Waals surface area (Å²) in [6.45, 7) is 2.85. The number of thiophene rings is 1. The summed E-state index contributed by atoms with van der Waals surface area (Å²) in [6, 6.07) is 3.75. The molecule has 0 saturated carbocycles. The number of ether oxygens (including phenoxy) is 1. The van der Waals surface area contributed by atoms with E-state index >= 15 is 0 Å². The fraction of sp³-hybridized carbons (Fsp3) is 0.429. The number of carbonyl (C=O) groups excluding carboxylic acids is 1. The highest BCUT2D eigenvalue weighted by Gasteiger charge is 2.16. The van der Waals surface area contributed by atoms with E-state index < -0.39 is 0 Å². The van der Waals surface area contributed by atoms with Crippen LogP contribution in [0.1, 0.15) is 9.67 Å². The van der Waals surface area contributed by atoms with Crippen molar-refractivity contribution in [2.45, 2.75) is 0 Å². The number of anilines is 1. The first kappa shape index (κ1) is 15.7. The number of amides is 1. The highest BCUT2D eigenvalue weighted by molar-refractivity contribution is 7.21. The molecular weight excluding hydrogens is 288 g/mol. The van der Waals surface area contributed by atoms with Gasteiger partial charge in [0.2, 0.25) is 0 Å². The van der Waals surface area contributed by atoms with E-state index in [0.29, 0.717) is 29.2 Å². The maximum Gasteiger partial charge on any atom is 0.263 e. The highest BCUT2D eigenvalue weighted by atomic mass is 32.1. The molecule has 0 radical (unpaired) electrons. The third kappa shape index (κ3) is 3.90. The molecule has 7 heteroatoms. The van der Waals surface area contributed by atoms with Crippen LogP contribution in [0.2, 0.25) is 0 Å². The van der Waals surface area contributed by atoms with Crippen molar-refractivity contribution in [3.05, 3.63) is 23.2 Å². The molecule has 21 heavy (non-hydrogen) atoms. The minimum Gasteiger partial charge on any atom is -0.396 e. The molecule has 0 atom stereocenters.